The maximum atomic E-state index is 12.6. The van der Waals surface area contributed by atoms with Gasteiger partial charge in [0.1, 0.15) is 10.1 Å². The molecule has 2 N–H and O–H groups in total. The molecular weight excluding hydrogens is 316 g/mol. The molecule has 1 fully saturated rings. The maximum absolute atomic E-state index is 12.6. The highest BCUT2D eigenvalue weighted by atomic mass is 35.5. The number of ether oxygens (including phenoxy) is 1. The molecule has 1 aliphatic heterocycles. The minimum Gasteiger partial charge on any atom is -0.398 e. The number of nitrogens with two attached hydrogens (primary N) is 1. The van der Waals surface area contributed by atoms with Crippen molar-refractivity contribution in [2.24, 2.45) is 0 Å². The fourth-order valence-electron chi connectivity index (χ4n) is 2.18. The number of carbonyl (C=O) groups excluding carboxylic acids is 1. The lowest BCUT2D eigenvalue weighted by Crippen LogP contribution is -2.47. The summed E-state index contributed by atoms with van der Waals surface area (Å²) >= 11 is 5.94. The lowest BCUT2D eigenvalue weighted by Gasteiger charge is -2.29. The van der Waals surface area contributed by atoms with Crippen LogP contribution in [-0.2, 0) is 19.4 Å². The molecule has 0 radical (unpaired) electrons. The number of carbonyl (C=O) groups is 1. The first-order valence-electron chi connectivity index (χ1n) is 6.50. The minimum atomic E-state index is -3.94. The molecule has 0 saturated carbocycles. The Bertz CT molecular complexity index is 621. The average molecular weight is 333 g/mol. The number of morpholine rings is 1. The molecule has 1 aromatic carbocycles. The van der Waals surface area contributed by atoms with Gasteiger partial charge in [0.05, 0.1) is 23.9 Å². The summed E-state index contributed by atoms with van der Waals surface area (Å²) < 4.78 is 30.4. The predicted octanol–water partition coefficient (Wildman–Crippen LogP) is 0.943. The van der Waals surface area contributed by atoms with Crippen molar-refractivity contribution >= 4 is 33.0 Å². The van der Waals surface area contributed by atoms with E-state index in [0.29, 0.717) is 26.3 Å². The molecule has 2 rings (SSSR count). The molecule has 0 spiro atoms. The van der Waals surface area contributed by atoms with E-state index in [4.69, 9.17) is 22.1 Å². The van der Waals surface area contributed by atoms with Gasteiger partial charge in [0.25, 0.3) is 0 Å². The molecule has 0 aromatic heterocycles. The van der Waals surface area contributed by atoms with Crippen molar-refractivity contribution in [3.8, 4) is 0 Å². The summed E-state index contributed by atoms with van der Waals surface area (Å²) in [4.78, 5) is 13.7. The van der Waals surface area contributed by atoms with Crippen LogP contribution in [0.3, 0.4) is 0 Å². The molecule has 21 heavy (non-hydrogen) atoms. The maximum Gasteiger partial charge on any atom is 0.241 e. The van der Waals surface area contributed by atoms with Crippen LogP contribution < -0.4 is 5.73 Å². The number of hydrogen-bond acceptors (Lipinski definition) is 5. The Labute approximate surface area is 128 Å². The van der Waals surface area contributed by atoms with E-state index in [2.05, 4.69) is 0 Å². The Balaban J connectivity index is 2.32. The second kappa shape index (κ2) is 6.21. The SMILES string of the molecule is CC(C(=O)N1CCOCC1)S(=O)(=O)c1c(N)cccc1Cl. The largest absolute Gasteiger partial charge is 0.398 e. The summed E-state index contributed by atoms with van der Waals surface area (Å²) in [5.74, 6) is -0.461. The predicted molar refractivity (Wildman–Crippen MR) is 79.9 cm³/mol. The van der Waals surface area contributed by atoms with Gasteiger partial charge < -0.3 is 15.4 Å². The summed E-state index contributed by atoms with van der Waals surface area (Å²) in [6.07, 6.45) is 0. The van der Waals surface area contributed by atoms with Crippen LogP contribution in [0.4, 0.5) is 5.69 Å². The summed E-state index contributed by atoms with van der Waals surface area (Å²) in [6.45, 7) is 2.95. The van der Waals surface area contributed by atoms with Crippen LogP contribution in [0.1, 0.15) is 6.92 Å². The van der Waals surface area contributed by atoms with Crippen LogP contribution in [0.25, 0.3) is 0 Å². The first-order valence-corrected chi connectivity index (χ1v) is 8.42. The second-order valence-corrected chi connectivity index (χ2v) is 7.40. The molecule has 8 heteroatoms. The number of benzene rings is 1. The van der Waals surface area contributed by atoms with Crippen LogP contribution >= 0.6 is 11.6 Å². The second-order valence-electron chi connectivity index (χ2n) is 4.78. The number of sulfone groups is 1. The molecule has 1 saturated heterocycles. The van der Waals surface area contributed by atoms with Crippen molar-refractivity contribution in [3.05, 3.63) is 23.2 Å². The molecule has 0 aliphatic carbocycles. The molecule has 1 unspecified atom stereocenters. The van der Waals surface area contributed by atoms with Gasteiger partial charge in [-0.05, 0) is 19.1 Å². The molecule has 1 aromatic rings. The summed E-state index contributed by atoms with van der Waals surface area (Å²) in [5, 5.41) is -1.21. The lowest BCUT2D eigenvalue weighted by atomic mass is 10.3. The van der Waals surface area contributed by atoms with Gasteiger partial charge >= 0.3 is 0 Å². The third-order valence-corrected chi connectivity index (χ3v) is 6.00. The smallest absolute Gasteiger partial charge is 0.241 e. The highest BCUT2D eigenvalue weighted by molar-refractivity contribution is 7.93. The molecule has 1 aliphatic rings. The van der Waals surface area contributed by atoms with Crippen LogP contribution in [0, 0.1) is 0 Å². The van der Waals surface area contributed by atoms with Crippen LogP contribution in [0.15, 0.2) is 23.1 Å². The van der Waals surface area contributed by atoms with E-state index >= 15 is 0 Å². The zero-order valence-electron chi connectivity index (χ0n) is 11.6. The summed E-state index contributed by atoms with van der Waals surface area (Å²) in [6, 6.07) is 4.45. The first-order chi connectivity index (χ1) is 9.85. The van der Waals surface area contributed by atoms with Crippen molar-refractivity contribution in [1.82, 2.24) is 4.90 Å². The van der Waals surface area contributed by atoms with Gasteiger partial charge in [-0.3, -0.25) is 4.79 Å². The van der Waals surface area contributed by atoms with E-state index in [1.807, 2.05) is 0 Å². The number of nitrogen functional groups attached to an aromatic ring is 1. The van der Waals surface area contributed by atoms with Gasteiger partial charge in [-0.2, -0.15) is 0 Å². The van der Waals surface area contributed by atoms with Crippen molar-refractivity contribution < 1.29 is 17.9 Å². The van der Waals surface area contributed by atoms with Crippen LogP contribution in [0.2, 0.25) is 5.02 Å². The van der Waals surface area contributed by atoms with Gasteiger partial charge in [0.2, 0.25) is 5.91 Å². The zero-order valence-corrected chi connectivity index (χ0v) is 13.2. The standard InChI is InChI=1S/C13H17ClN2O4S/c1-9(13(17)16-5-7-20-8-6-16)21(18,19)12-10(14)3-2-4-11(12)15/h2-4,9H,5-8,15H2,1H3. The Kier molecular flexibility index (Phi) is 4.75. The number of halogens is 1. The third kappa shape index (κ3) is 3.14. The molecular formula is C13H17ClN2O4S. The highest BCUT2D eigenvalue weighted by Crippen LogP contribution is 2.30. The number of hydrogen-bond donors (Lipinski definition) is 1. The molecule has 116 valence electrons. The average Bonchev–Trinajstić information content (AvgIpc) is 2.46. The number of amides is 1. The Morgan fingerprint density at radius 1 is 1.38 bits per heavy atom. The number of rotatable bonds is 3. The van der Waals surface area contributed by atoms with E-state index in [0.717, 1.165) is 0 Å². The van der Waals surface area contributed by atoms with Crippen LogP contribution in [-0.4, -0.2) is 50.8 Å². The molecule has 1 atom stereocenters. The van der Waals surface area contributed by atoms with E-state index in [9.17, 15) is 13.2 Å². The Morgan fingerprint density at radius 3 is 2.57 bits per heavy atom. The van der Waals surface area contributed by atoms with Gasteiger partial charge in [0.15, 0.2) is 9.84 Å². The van der Waals surface area contributed by atoms with Crippen LogP contribution in [0.5, 0.6) is 0 Å². The van der Waals surface area contributed by atoms with Crippen molar-refractivity contribution in [2.75, 3.05) is 32.0 Å². The third-order valence-electron chi connectivity index (χ3n) is 3.42. The normalized spacial score (nSPS) is 17.5. The lowest BCUT2D eigenvalue weighted by molar-refractivity contribution is -0.134. The molecule has 1 heterocycles. The number of nitrogens with zero attached hydrogens (tertiary/aromatic N) is 1. The monoisotopic (exact) mass is 332 g/mol. The first kappa shape index (κ1) is 16.1. The Hall–Kier alpha value is -1.31. The number of anilines is 1. The fourth-order valence-corrected chi connectivity index (χ4v) is 4.18. The van der Waals surface area contributed by atoms with Crippen molar-refractivity contribution in [2.45, 2.75) is 17.1 Å². The van der Waals surface area contributed by atoms with E-state index in [1.54, 1.807) is 6.07 Å². The Morgan fingerprint density at radius 2 is 2.00 bits per heavy atom. The molecule has 1 amide bonds. The summed E-state index contributed by atoms with van der Waals surface area (Å²) in [7, 11) is -3.94. The van der Waals surface area contributed by atoms with E-state index < -0.39 is 21.0 Å². The van der Waals surface area contributed by atoms with Gasteiger partial charge in [-0.1, -0.05) is 17.7 Å². The van der Waals surface area contributed by atoms with Gasteiger partial charge in [-0.15, -0.1) is 0 Å². The minimum absolute atomic E-state index is 0.0247. The van der Waals surface area contributed by atoms with Crippen molar-refractivity contribution in [3.63, 3.8) is 0 Å². The molecule has 0 bridgehead atoms. The quantitative estimate of drug-likeness (QED) is 0.832. The van der Waals surface area contributed by atoms with Crippen molar-refractivity contribution in [1.29, 1.82) is 0 Å². The zero-order chi connectivity index (χ0) is 15.6. The fraction of sp³-hybridized carbons (Fsp3) is 0.462. The van der Waals surface area contributed by atoms with Gasteiger partial charge in [0, 0.05) is 13.1 Å². The van der Waals surface area contributed by atoms with Gasteiger partial charge in [-0.25, -0.2) is 8.42 Å². The van der Waals surface area contributed by atoms with E-state index in [-0.39, 0.29) is 15.6 Å². The topological polar surface area (TPSA) is 89.7 Å². The molecule has 6 nitrogen and oxygen atoms in total. The summed E-state index contributed by atoms with van der Waals surface area (Å²) in [5.41, 5.74) is 5.76. The van der Waals surface area contributed by atoms with E-state index in [1.165, 1.54) is 24.0 Å². The highest BCUT2D eigenvalue weighted by Gasteiger charge is 2.35.